The summed E-state index contributed by atoms with van der Waals surface area (Å²) in [5.41, 5.74) is 6.78. The molecule has 0 radical (unpaired) electrons. The average molecular weight is 278 g/mol. The van der Waals surface area contributed by atoms with Gasteiger partial charge in [-0.1, -0.05) is 6.92 Å². The molecule has 0 aliphatic carbocycles. The number of hydrogen-bond donors (Lipinski definition) is 1. The first-order valence-electron chi connectivity index (χ1n) is 6.62. The van der Waals surface area contributed by atoms with Crippen molar-refractivity contribution in [3.63, 3.8) is 0 Å². The van der Waals surface area contributed by atoms with E-state index in [2.05, 4.69) is 4.98 Å². The Balaban J connectivity index is 2.68. The van der Waals surface area contributed by atoms with E-state index >= 15 is 0 Å². The number of carbonyl (C=O) groups is 2. The molecule has 0 aliphatic rings. The summed E-state index contributed by atoms with van der Waals surface area (Å²) in [6.45, 7) is 2.64. The lowest BCUT2D eigenvalue weighted by molar-refractivity contribution is -0.138. The molecule has 6 heteroatoms. The van der Waals surface area contributed by atoms with Crippen LogP contribution in [0.3, 0.4) is 0 Å². The van der Waals surface area contributed by atoms with E-state index in [4.69, 9.17) is 5.73 Å². The van der Waals surface area contributed by atoms with Crippen molar-refractivity contribution in [1.29, 1.82) is 0 Å². The van der Waals surface area contributed by atoms with E-state index in [0.717, 1.165) is 6.42 Å². The number of amides is 2. The molecule has 0 bridgehead atoms. The van der Waals surface area contributed by atoms with Gasteiger partial charge >= 0.3 is 0 Å². The molecule has 0 aromatic carbocycles. The maximum absolute atomic E-state index is 12.2. The molecule has 0 aliphatic heterocycles. The fraction of sp³-hybridized carbons (Fsp3) is 0.500. The van der Waals surface area contributed by atoms with Gasteiger partial charge in [0.1, 0.15) is 0 Å². The summed E-state index contributed by atoms with van der Waals surface area (Å²) >= 11 is 0. The lowest BCUT2D eigenvalue weighted by atomic mass is 10.2. The minimum absolute atomic E-state index is 0.0861. The minimum atomic E-state index is -0.0979. The van der Waals surface area contributed by atoms with Crippen LogP contribution in [-0.2, 0) is 16.0 Å². The van der Waals surface area contributed by atoms with Crippen molar-refractivity contribution in [2.24, 2.45) is 0 Å². The zero-order chi connectivity index (χ0) is 15.1. The summed E-state index contributed by atoms with van der Waals surface area (Å²) in [6.07, 6.45) is 2.51. The lowest BCUT2D eigenvalue weighted by Crippen LogP contribution is -2.41. The second kappa shape index (κ2) is 7.47. The standard InChI is InChI=1S/C14H22N4O2/c1-4-7-18(10-14(20)17(2)3)13(19)8-12-6-5-11(15)9-16-12/h5-6,9H,4,7-8,10,15H2,1-3H3. The number of nitrogen functional groups attached to an aromatic ring is 1. The van der Waals surface area contributed by atoms with E-state index in [1.54, 1.807) is 31.1 Å². The molecule has 2 amide bonds. The van der Waals surface area contributed by atoms with Crippen LogP contribution in [0.4, 0.5) is 5.69 Å². The summed E-state index contributed by atoms with van der Waals surface area (Å²) in [7, 11) is 3.36. The van der Waals surface area contributed by atoms with E-state index in [0.29, 0.717) is 17.9 Å². The first kappa shape index (κ1) is 15.9. The second-order valence-electron chi connectivity index (χ2n) is 4.86. The number of rotatable bonds is 6. The van der Waals surface area contributed by atoms with Gasteiger partial charge in [0.2, 0.25) is 11.8 Å². The van der Waals surface area contributed by atoms with Gasteiger partial charge in [-0.05, 0) is 18.6 Å². The monoisotopic (exact) mass is 278 g/mol. The van der Waals surface area contributed by atoms with Crippen molar-refractivity contribution < 1.29 is 9.59 Å². The first-order valence-corrected chi connectivity index (χ1v) is 6.62. The highest BCUT2D eigenvalue weighted by molar-refractivity contribution is 5.85. The fourth-order valence-electron chi connectivity index (χ4n) is 1.67. The van der Waals surface area contributed by atoms with Crippen LogP contribution in [0.1, 0.15) is 19.0 Å². The lowest BCUT2D eigenvalue weighted by Gasteiger charge is -2.23. The van der Waals surface area contributed by atoms with Gasteiger partial charge in [-0.15, -0.1) is 0 Å². The molecular formula is C14H22N4O2. The Labute approximate surface area is 119 Å². The van der Waals surface area contributed by atoms with Crippen molar-refractivity contribution in [3.8, 4) is 0 Å². The van der Waals surface area contributed by atoms with E-state index < -0.39 is 0 Å². The molecule has 0 fully saturated rings. The largest absolute Gasteiger partial charge is 0.397 e. The number of hydrogen-bond acceptors (Lipinski definition) is 4. The van der Waals surface area contributed by atoms with Crippen LogP contribution in [0.15, 0.2) is 18.3 Å². The van der Waals surface area contributed by atoms with Gasteiger partial charge in [0.15, 0.2) is 0 Å². The third-order valence-corrected chi connectivity index (χ3v) is 2.85. The van der Waals surface area contributed by atoms with Gasteiger partial charge < -0.3 is 15.5 Å². The maximum atomic E-state index is 12.2. The van der Waals surface area contributed by atoms with E-state index in [-0.39, 0.29) is 24.8 Å². The van der Waals surface area contributed by atoms with Crippen LogP contribution in [0.2, 0.25) is 0 Å². The molecule has 0 spiro atoms. The third-order valence-electron chi connectivity index (χ3n) is 2.85. The highest BCUT2D eigenvalue weighted by atomic mass is 16.2. The van der Waals surface area contributed by atoms with E-state index in [9.17, 15) is 9.59 Å². The van der Waals surface area contributed by atoms with Crippen molar-refractivity contribution in [1.82, 2.24) is 14.8 Å². The number of likely N-dealkylation sites (N-methyl/N-ethyl adjacent to an activating group) is 1. The van der Waals surface area contributed by atoms with E-state index in [1.165, 1.54) is 11.1 Å². The Bertz CT molecular complexity index is 457. The van der Waals surface area contributed by atoms with Crippen LogP contribution >= 0.6 is 0 Å². The summed E-state index contributed by atoms with van der Waals surface area (Å²) in [4.78, 5) is 31.1. The van der Waals surface area contributed by atoms with Gasteiger partial charge in [-0.2, -0.15) is 0 Å². The van der Waals surface area contributed by atoms with Gasteiger partial charge in [-0.25, -0.2) is 0 Å². The zero-order valence-corrected chi connectivity index (χ0v) is 12.3. The van der Waals surface area contributed by atoms with Gasteiger partial charge in [0.25, 0.3) is 0 Å². The predicted octanol–water partition coefficient (Wildman–Crippen LogP) is 0.533. The summed E-state index contributed by atoms with van der Waals surface area (Å²) < 4.78 is 0. The third kappa shape index (κ3) is 4.87. The SMILES string of the molecule is CCCN(CC(=O)N(C)C)C(=O)Cc1ccc(N)cn1. The molecule has 2 N–H and O–H groups in total. The van der Waals surface area contributed by atoms with Crippen molar-refractivity contribution in [3.05, 3.63) is 24.0 Å². The number of pyridine rings is 1. The summed E-state index contributed by atoms with van der Waals surface area (Å²) in [5, 5.41) is 0. The fourth-order valence-corrected chi connectivity index (χ4v) is 1.67. The number of carbonyl (C=O) groups excluding carboxylic acids is 2. The molecule has 1 aromatic heterocycles. The Morgan fingerprint density at radius 1 is 1.25 bits per heavy atom. The van der Waals surface area contributed by atoms with E-state index in [1.807, 2.05) is 6.92 Å². The molecule has 1 heterocycles. The molecule has 20 heavy (non-hydrogen) atoms. The zero-order valence-electron chi connectivity index (χ0n) is 12.3. The molecule has 0 saturated heterocycles. The molecule has 110 valence electrons. The predicted molar refractivity (Wildman–Crippen MR) is 77.9 cm³/mol. The Morgan fingerprint density at radius 2 is 1.95 bits per heavy atom. The molecule has 0 saturated carbocycles. The quantitative estimate of drug-likeness (QED) is 0.823. The van der Waals surface area contributed by atoms with Crippen molar-refractivity contribution in [2.45, 2.75) is 19.8 Å². The number of aromatic nitrogens is 1. The first-order chi connectivity index (χ1) is 9.43. The van der Waals surface area contributed by atoms with Crippen LogP contribution in [0.5, 0.6) is 0 Å². The van der Waals surface area contributed by atoms with Crippen LogP contribution in [-0.4, -0.2) is 53.8 Å². The van der Waals surface area contributed by atoms with Crippen molar-refractivity contribution in [2.75, 3.05) is 32.9 Å². The maximum Gasteiger partial charge on any atom is 0.241 e. The second-order valence-corrected chi connectivity index (χ2v) is 4.86. The topological polar surface area (TPSA) is 79.5 Å². The number of nitrogens with zero attached hydrogens (tertiary/aromatic N) is 3. The molecule has 0 atom stereocenters. The Hall–Kier alpha value is -2.11. The number of anilines is 1. The smallest absolute Gasteiger partial charge is 0.241 e. The highest BCUT2D eigenvalue weighted by Crippen LogP contribution is 2.05. The van der Waals surface area contributed by atoms with Crippen LogP contribution in [0, 0.1) is 0 Å². The van der Waals surface area contributed by atoms with Crippen LogP contribution in [0.25, 0.3) is 0 Å². The Morgan fingerprint density at radius 3 is 2.45 bits per heavy atom. The van der Waals surface area contributed by atoms with Gasteiger partial charge in [0.05, 0.1) is 24.8 Å². The van der Waals surface area contributed by atoms with Crippen molar-refractivity contribution >= 4 is 17.5 Å². The molecule has 0 unspecified atom stereocenters. The molecule has 1 aromatic rings. The molecule has 1 rings (SSSR count). The normalized spacial score (nSPS) is 10.2. The summed E-state index contributed by atoms with van der Waals surface area (Å²) in [6, 6.07) is 3.44. The molecule has 6 nitrogen and oxygen atoms in total. The van der Waals surface area contributed by atoms with Gasteiger partial charge in [-0.3, -0.25) is 14.6 Å². The van der Waals surface area contributed by atoms with Crippen LogP contribution < -0.4 is 5.73 Å². The minimum Gasteiger partial charge on any atom is -0.397 e. The number of nitrogens with two attached hydrogens (primary N) is 1. The highest BCUT2D eigenvalue weighted by Gasteiger charge is 2.18. The van der Waals surface area contributed by atoms with Gasteiger partial charge in [0, 0.05) is 26.3 Å². The summed E-state index contributed by atoms with van der Waals surface area (Å²) in [5.74, 6) is -0.184. The molecular weight excluding hydrogens is 256 g/mol. The average Bonchev–Trinajstić information content (AvgIpc) is 2.40. The Kier molecular flexibility index (Phi) is 5.96.